The number of hydrogen-bond donors (Lipinski definition) is 1. The molecule has 2 aromatic carbocycles. The average Bonchev–Trinajstić information content (AvgIpc) is 3.26. The van der Waals surface area contributed by atoms with E-state index in [1.54, 1.807) is 14.2 Å². The number of carbonyl (C=O) groups is 1. The second-order valence-corrected chi connectivity index (χ2v) is 5.09. The van der Waals surface area contributed by atoms with Crippen molar-refractivity contribution in [2.75, 3.05) is 14.2 Å². The molecule has 0 aromatic heterocycles. The van der Waals surface area contributed by atoms with Crippen LogP contribution in [0, 0.1) is 0 Å². The highest BCUT2D eigenvalue weighted by Gasteiger charge is 2.53. The maximum Gasteiger partial charge on any atom is 0.314 e. The number of hydrogen-bond acceptors (Lipinski definition) is 3. The molecule has 1 saturated carbocycles. The van der Waals surface area contributed by atoms with Gasteiger partial charge in [-0.25, -0.2) is 0 Å². The van der Waals surface area contributed by atoms with Crippen molar-refractivity contribution in [3.05, 3.63) is 35.9 Å². The summed E-state index contributed by atoms with van der Waals surface area (Å²) in [4.78, 5) is 11.5. The van der Waals surface area contributed by atoms with E-state index >= 15 is 0 Å². The van der Waals surface area contributed by atoms with Crippen LogP contribution in [0.25, 0.3) is 10.8 Å². The Bertz CT molecular complexity index is 686. The Morgan fingerprint density at radius 3 is 2.40 bits per heavy atom. The van der Waals surface area contributed by atoms with E-state index < -0.39 is 11.4 Å². The molecular formula is C16H16O4. The fourth-order valence-corrected chi connectivity index (χ4v) is 2.80. The van der Waals surface area contributed by atoms with E-state index in [4.69, 9.17) is 9.47 Å². The monoisotopic (exact) mass is 272 g/mol. The second-order valence-electron chi connectivity index (χ2n) is 5.09. The number of methoxy groups -OCH3 is 2. The van der Waals surface area contributed by atoms with E-state index in [9.17, 15) is 9.90 Å². The Morgan fingerprint density at radius 1 is 1.10 bits per heavy atom. The van der Waals surface area contributed by atoms with E-state index in [-0.39, 0.29) is 0 Å². The van der Waals surface area contributed by atoms with Crippen LogP contribution in [0.15, 0.2) is 30.3 Å². The van der Waals surface area contributed by atoms with Gasteiger partial charge in [-0.2, -0.15) is 0 Å². The van der Waals surface area contributed by atoms with Crippen molar-refractivity contribution in [3.63, 3.8) is 0 Å². The summed E-state index contributed by atoms with van der Waals surface area (Å²) in [6.45, 7) is 0. The number of rotatable bonds is 4. The molecule has 0 bridgehead atoms. The fraction of sp³-hybridized carbons (Fsp3) is 0.312. The highest BCUT2D eigenvalue weighted by atomic mass is 16.5. The van der Waals surface area contributed by atoms with Crippen LogP contribution in [0.5, 0.6) is 11.5 Å². The van der Waals surface area contributed by atoms with Gasteiger partial charge in [0.25, 0.3) is 0 Å². The normalized spacial score (nSPS) is 15.9. The summed E-state index contributed by atoms with van der Waals surface area (Å²) in [7, 11) is 3.20. The lowest BCUT2D eigenvalue weighted by atomic mass is 9.92. The number of fused-ring (bicyclic) bond motifs is 1. The van der Waals surface area contributed by atoms with Crippen LogP contribution in [-0.2, 0) is 10.2 Å². The summed E-state index contributed by atoms with van der Waals surface area (Å²) in [5.41, 5.74) is -0.0175. The van der Waals surface area contributed by atoms with Crippen LogP contribution in [0.1, 0.15) is 18.4 Å². The summed E-state index contributed by atoms with van der Waals surface area (Å²) < 4.78 is 10.9. The molecule has 1 fully saturated rings. The molecule has 0 atom stereocenters. The molecule has 4 heteroatoms. The smallest absolute Gasteiger partial charge is 0.314 e. The van der Waals surface area contributed by atoms with Gasteiger partial charge in [-0.3, -0.25) is 4.79 Å². The molecule has 0 aliphatic heterocycles. The molecule has 1 N–H and O–H groups in total. The largest absolute Gasteiger partial charge is 0.496 e. The Morgan fingerprint density at radius 2 is 1.85 bits per heavy atom. The van der Waals surface area contributed by atoms with Gasteiger partial charge in [0.05, 0.1) is 19.6 Å². The van der Waals surface area contributed by atoms with E-state index in [0.29, 0.717) is 18.6 Å². The van der Waals surface area contributed by atoms with Gasteiger partial charge in [-0.05, 0) is 18.9 Å². The first-order chi connectivity index (χ1) is 9.64. The lowest BCUT2D eigenvalue weighted by Crippen LogP contribution is -2.20. The molecule has 3 rings (SSSR count). The molecule has 1 aliphatic carbocycles. The van der Waals surface area contributed by atoms with Crippen LogP contribution < -0.4 is 9.47 Å². The summed E-state index contributed by atoms with van der Waals surface area (Å²) in [5, 5.41) is 11.3. The third-order valence-corrected chi connectivity index (χ3v) is 4.07. The first-order valence-electron chi connectivity index (χ1n) is 6.51. The van der Waals surface area contributed by atoms with Crippen molar-refractivity contribution in [2.45, 2.75) is 18.3 Å². The highest BCUT2D eigenvalue weighted by molar-refractivity contribution is 5.97. The number of ether oxygens (including phenoxy) is 2. The maximum atomic E-state index is 11.5. The molecular weight excluding hydrogens is 256 g/mol. The Hall–Kier alpha value is -2.23. The van der Waals surface area contributed by atoms with Crippen molar-refractivity contribution in [1.82, 2.24) is 0 Å². The number of carboxylic acid groups (broad SMARTS) is 1. The summed E-state index contributed by atoms with van der Waals surface area (Å²) in [6.07, 6.45) is 1.32. The van der Waals surface area contributed by atoms with Crippen LogP contribution in [-0.4, -0.2) is 25.3 Å². The molecule has 0 saturated heterocycles. The van der Waals surface area contributed by atoms with Crippen LogP contribution >= 0.6 is 0 Å². The van der Waals surface area contributed by atoms with E-state index in [2.05, 4.69) is 0 Å². The van der Waals surface area contributed by atoms with Crippen molar-refractivity contribution in [3.8, 4) is 11.5 Å². The molecule has 104 valence electrons. The highest BCUT2D eigenvalue weighted by Crippen LogP contribution is 2.53. The number of aliphatic carboxylic acids is 1. The third kappa shape index (κ3) is 1.64. The lowest BCUT2D eigenvalue weighted by molar-refractivity contribution is -0.140. The second kappa shape index (κ2) is 4.40. The first-order valence-corrected chi connectivity index (χ1v) is 6.51. The molecule has 0 heterocycles. The van der Waals surface area contributed by atoms with Crippen molar-refractivity contribution < 1.29 is 19.4 Å². The van der Waals surface area contributed by atoms with Gasteiger partial charge in [-0.1, -0.05) is 24.3 Å². The molecule has 0 spiro atoms. The average molecular weight is 272 g/mol. The molecule has 0 amide bonds. The quantitative estimate of drug-likeness (QED) is 0.929. The zero-order valence-corrected chi connectivity index (χ0v) is 11.5. The minimum absolute atomic E-state index is 0.640. The van der Waals surface area contributed by atoms with Gasteiger partial charge >= 0.3 is 5.97 Å². The Labute approximate surface area is 116 Å². The molecule has 0 radical (unpaired) electrons. The van der Waals surface area contributed by atoms with Crippen LogP contribution in [0.3, 0.4) is 0 Å². The molecule has 20 heavy (non-hydrogen) atoms. The predicted octanol–water partition coefficient (Wildman–Crippen LogP) is 2.97. The minimum Gasteiger partial charge on any atom is -0.496 e. The van der Waals surface area contributed by atoms with Gasteiger partial charge in [0.2, 0.25) is 0 Å². The SMILES string of the molecule is COc1cccc2c(OC)c(C3(C(=O)O)CC3)ccc12. The lowest BCUT2D eigenvalue weighted by Gasteiger charge is -2.17. The number of benzene rings is 2. The molecule has 0 unspecified atom stereocenters. The van der Waals surface area contributed by atoms with E-state index in [1.807, 2.05) is 30.3 Å². The topological polar surface area (TPSA) is 55.8 Å². The Kier molecular flexibility index (Phi) is 2.82. The van der Waals surface area contributed by atoms with Crippen molar-refractivity contribution >= 4 is 16.7 Å². The fourth-order valence-electron chi connectivity index (χ4n) is 2.80. The van der Waals surface area contributed by atoms with Crippen molar-refractivity contribution in [2.24, 2.45) is 0 Å². The van der Waals surface area contributed by atoms with Crippen molar-refractivity contribution in [1.29, 1.82) is 0 Å². The Balaban J connectivity index is 2.29. The van der Waals surface area contributed by atoms with Gasteiger partial charge in [0.15, 0.2) is 0 Å². The van der Waals surface area contributed by atoms with Gasteiger partial charge in [-0.15, -0.1) is 0 Å². The summed E-state index contributed by atoms with van der Waals surface area (Å²) in [5.74, 6) is 0.617. The summed E-state index contributed by atoms with van der Waals surface area (Å²) >= 11 is 0. The van der Waals surface area contributed by atoms with Gasteiger partial charge in [0, 0.05) is 16.3 Å². The molecule has 4 nitrogen and oxygen atoms in total. The van der Waals surface area contributed by atoms with E-state index in [0.717, 1.165) is 22.1 Å². The van der Waals surface area contributed by atoms with Gasteiger partial charge < -0.3 is 14.6 Å². The standard InChI is InChI=1S/C16H16O4/c1-19-13-5-3-4-11-10(13)6-7-12(14(11)20-2)16(8-9-16)15(17)18/h3-7H,8-9H2,1-2H3,(H,17,18). The zero-order chi connectivity index (χ0) is 14.3. The van der Waals surface area contributed by atoms with Gasteiger partial charge in [0.1, 0.15) is 11.5 Å². The van der Waals surface area contributed by atoms with Crippen LogP contribution in [0.4, 0.5) is 0 Å². The minimum atomic E-state index is -0.780. The number of carboxylic acids is 1. The third-order valence-electron chi connectivity index (χ3n) is 4.07. The summed E-state index contributed by atoms with van der Waals surface area (Å²) in [6, 6.07) is 9.46. The maximum absolute atomic E-state index is 11.5. The zero-order valence-electron chi connectivity index (χ0n) is 11.5. The molecule has 2 aromatic rings. The molecule has 1 aliphatic rings. The first kappa shape index (κ1) is 12.8. The predicted molar refractivity (Wildman–Crippen MR) is 75.6 cm³/mol. The van der Waals surface area contributed by atoms with Crippen LogP contribution in [0.2, 0.25) is 0 Å². The van der Waals surface area contributed by atoms with E-state index in [1.165, 1.54) is 0 Å².